The van der Waals surface area contributed by atoms with E-state index in [9.17, 15) is 4.79 Å². The van der Waals surface area contributed by atoms with Crippen LogP contribution < -0.4 is 16.0 Å². The van der Waals surface area contributed by atoms with Gasteiger partial charge < -0.3 is 16.0 Å². The van der Waals surface area contributed by atoms with Gasteiger partial charge in [0.05, 0.1) is 0 Å². The molecule has 1 unspecified atom stereocenters. The second kappa shape index (κ2) is 5.95. The molecular weight excluding hydrogens is 190 g/mol. The number of nitrogens with one attached hydrogen (secondary N) is 3. The summed E-state index contributed by atoms with van der Waals surface area (Å²) < 4.78 is 0. The third kappa shape index (κ3) is 4.51. The Morgan fingerprint density at radius 2 is 2.27 bits per heavy atom. The summed E-state index contributed by atoms with van der Waals surface area (Å²) in [4.78, 5) is 11.3. The smallest absolute Gasteiger partial charge is 0.314 e. The molecule has 0 spiro atoms. The quantitative estimate of drug-likeness (QED) is 0.654. The van der Waals surface area contributed by atoms with Gasteiger partial charge in [-0.05, 0) is 31.2 Å². The van der Waals surface area contributed by atoms with Gasteiger partial charge in [0.15, 0.2) is 0 Å². The van der Waals surface area contributed by atoms with Gasteiger partial charge >= 0.3 is 6.03 Å². The molecule has 1 atom stereocenters. The predicted molar refractivity (Wildman–Crippen MR) is 61.9 cm³/mol. The van der Waals surface area contributed by atoms with Crippen LogP contribution in [0.4, 0.5) is 4.79 Å². The summed E-state index contributed by atoms with van der Waals surface area (Å²) in [7, 11) is 0. The number of carbonyl (C=O) groups excluding carboxylic acids is 1. The van der Waals surface area contributed by atoms with E-state index < -0.39 is 0 Å². The number of hydrogen-bond donors (Lipinski definition) is 3. The van der Waals surface area contributed by atoms with E-state index in [1.165, 1.54) is 12.8 Å². The van der Waals surface area contributed by atoms with Crippen molar-refractivity contribution in [3.63, 3.8) is 0 Å². The molecule has 2 amide bonds. The summed E-state index contributed by atoms with van der Waals surface area (Å²) >= 11 is 0. The molecular formula is C11H23N3O. The van der Waals surface area contributed by atoms with Gasteiger partial charge in [-0.2, -0.15) is 0 Å². The Morgan fingerprint density at radius 3 is 2.87 bits per heavy atom. The van der Waals surface area contributed by atoms with Crippen LogP contribution in [0.25, 0.3) is 0 Å². The van der Waals surface area contributed by atoms with Crippen LogP contribution in [0.1, 0.15) is 33.1 Å². The Kier molecular flexibility index (Phi) is 4.88. The number of hydrogen-bond acceptors (Lipinski definition) is 2. The first-order valence-corrected chi connectivity index (χ1v) is 5.89. The average Bonchev–Trinajstić information content (AvgIpc) is 2.25. The van der Waals surface area contributed by atoms with Crippen molar-refractivity contribution in [2.24, 2.45) is 5.41 Å². The Morgan fingerprint density at radius 1 is 1.47 bits per heavy atom. The van der Waals surface area contributed by atoms with Gasteiger partial charge in [-0.3, -0.25) is 0 Å². The highest BCUT2D eigenvalue weighted by atomic mass is 16.2. The molecule has 1 heterocycles. The zero-order valence-corrected chi connectivity index (χ0v) is 9.86. The zero-order chi connectivity index (χ0) is 11.1. The monoisotopic (exact) mass is 213 g/mol. The van der Waals surface area contributed by atoms with E-state index >= 15 is 0 Å². The molecule has 1 saturated heterocycles. The Balaban J connectivity index is 2.19. The minimum Gasteiger partial charge on any atom is -0.338 e. The molecule has 1 aliphatic rings. The summed E-state index contributed by atoms with van der Waals surface area (Å²) in [5.74, 6) is 0. The van der Waals surface area contributed by atoms with E-state index in [0.717, 1.165) is 32.6 Å². The predicted octanol–water partition coefficient (Wildman–Crippen LogP) is 1.09. The van der Waals surface area contributed by atoms with E-state index in [1.54, 1.807) is 0 Å². The summed E-state index contributed by atoms with van der Waals surface area (Å²) in [6, 6.07) is -0.0383. The van der Waals surface area contributed by atoms with Crippen LogP contribution in [0.3, 0.4) is 0 Å². The van der Waals surface area contributed by atoms with Crippen molar-refractivity contribution in [2.75, 3.05) is 26.2 Å². The van der Waals surface area contributed by atoms with Gasteiger partial charge in [-0.1, -0.05) is 13.8 Å². The highest BCUT2D eigenvalue weighted by Crippen LogP contribution is 2.23. The second-order valence-electron chi connectivity index (χ2n) is 4.70. The van der Waals surface area contributed by atoms with Crippen molar-refractivity contribution < 1.29 is 4.79 Å². The molecule has 1 rings (SSSR count). The molecule has 4 nitrogen and oxygen atoms in total. The Bertz CT molecular complexity index is 200. The second-order valence-corrected chi connectivity index (χ2v) is 4.70. The lowest BCUT2D eigenvalue weighted by Gasteiger charge is -2.34. The van der Waals surface area contributed by atoms with Crippen molar-refractivity contribution in [2.45, 2.75) is 33.1 Å². The molecule has 0 aromatic rings. The summed E-state index contributed by atoms with van der Waals surface area (Å²) in [6.45, 7) is 7.89. The third-order valence-corrected chi connectivity index (χ3v) is 2.90. The highest BCUT2D eigenvalue weighted by Gasteiger charge is 2.26. The lowest BCUT2D eigenvalue weighted by atomic mass is 9.83. The minimum atomic E-state index is -0.0383. The lowest BCUT2D eigenvalue weighted by molar-refractivity contribution is 0.211. The molecule has 3 N–H and O–H groups in total. The molecule has 4 heteroatoms. The van der Waals surface area contributed by atoms with Crippen molar-refractivity contribution in [3.05, 3.63) is 0 Å². The maximum Gasteiger partial charge on any atom is 0.314 e. The van der Waals surface area contributed by atoms with Crippen LogP contribution in [-0.2, 0) is 0 Å². The standard InChI is InChI=1S/C11H23N3O/c1-3-6-13-10(15)14-9-11(2)5-4-7-12-8-11/h12H,3-9H2,1-2H3,(H2,13,14,15). The minimum absolute atomic E-state index is 0.0383. The largest absolute Gasteiger partial charge is 0.338 e. The normalized spacial score (nSPS) is 26.0. The first kappa shape index (κ1) is 12.3. The molecule has 1 aliphatic heterocycles. The summed E-state index contributed by atoms with van der Waals surface area (Å²) in [5.41, 5.74) is 0.224. The van der Waals surface area contributed by atoms with Crippen molar-refractivity contribution in [1.82, 2.24) is 16.0 Å². The first-order chi connectivity index (χ1) is 7.16. The van der Waals surface area contributed by atoms with E-state index in [1.807, 2.05) is 6.92 Å². The van der Waals surface area contributed by atoms with Gasteiger partial charge in [-0.15, -0.1) is 0 Å². The number of carbonyl (C=O) groups is 1. The Labute approximate surface area is 92.2 Å². The Hall–Kier alpha value is -0.770. The lowest BCUT2D eigenvalue weighted by Crippen LogP contribution is -2.48. The fourth-order valence-electron chi connectivity index (χ4n) is 1.86. The molecule has 0 saturated carbocycles. The summed E-state index contributed by atoms with van der Waals surface area (Å²) in [6.07, 6.45) is 3.37. The average molecular weight is 213 g/mol. The van der Waals surface area contributed by atoms with Crippen LogP contribution in [0.15, 0.2) is 0 Å². The zero-order valence-electron chi connectivity index (χ0n) is 9.86. The molecule has 0 aliphatic carbocycles. The highest BCUT2D eigenvalue weighted by molar-refractivity contribution is 5.73. The van der Waals surface area contributed by atoms with Crippen LogP contribution in [-0.4, -0.2) is 32.2 Å². The maximum atomic E-state index is 11.3. The van der Waals surface area contributed by atoms with Gasteiger partial charge in [-0.25, -0.2) is 4.79 Å². The maximum absolute atomic E-state index is 11.3. The molecule has 15 heavy (non-hydrogen) atoms. The molecule has 0 aromatic carbocycles. The number of urea groups is 1. The molecule has 88 valence electrons. The topological polar surface area (TPSA) is 53.2 Å². The van der Waals surface area contributed by atoms with Crippen molar-refractivity contribution >= 4 is 6.03 Å². The van der Waals surface area contributed by atoms with Crippen LogP contribution in [0, 0.1) is 5.41 Å². The fraction of sp³-hybridized carbons (Fsp3) is 0.909. The SMILES string of the molecule is CCCNC(=O)NCC1(C)CCCNC1. The third-order valence-electron chi connectivity index (χ3n) is 2.90. The van der Waals surface area contributed by atoms with E-state index in [4.69, 9.17) is 0 Å². The molecule has 0 aromatic heterocycles. The molecule has 0 bridgehead atoms. The van der Waals surface area contributed by atoms with E-state index in [2.05, 4.69) is 22.9 Å². The van der Waals surface area contributed by atoms with Gasteiger partial charge in [0.1, 0.15) is 0 Å². The van der Waals surface area contributed by atoms with Crippen LogP contribution >= 0.6 is 0 Å². The van der Waals surface area contributed by atoms with E-state index in [-0.39, 0.29) is 11.4 Å². The number of rotatable bonds is 4. The first-order valence-electron chi connectivity index (χ1n) is 5.89. The molecule has 0 radical (unpaired) electrons. The van der Waals surface area contributed by atoms with Crippen molar-refractivity contribution in [1.29, 1.82) is 0 Å². The molecule has 1 fully saturated rings. The number of amides is 2. The van der Waals surface area contributed by atoms with Gasteiger partial charge in [0.25, 0.3) is 0 Å². The summed E-state index contributed by atoms with van der Waals surface area (Å²) in [5, 5.41) is 9.13. The van der Waals surface area contributed by atoms with Crippen LogP contribution in [0.5, 0.6) is 0 Å². The van der Waals surface area contributed by atoms with Gasteiger partial charge in [0, 0.05) is 19.6 Å². The number of piperidine rings is 1. The fourth-order valence-corrected chi connectivity index (χ4v) is 1.86. The van der Waals surface area contributed by atoms with Crippen LogP contribution in [0.2, 0.25) is 0 Å². The van der Waals surface area contributed by atoms with Crippen molar-refractivity contribution in [3.8, 4) is 0 Å². The van der Waals surface area contributed by atoms with Gasteiger partial charge in [0.2, 0.25) is 0 Å². The van der Waals surface area contributed by atoms with E-state index in [0.29, 0.717) is 0 Å².